The third-order valence-electron chi connectivity index (χ3n) is 6.71. The normalized spacial score (nSPS) is 16.6. The van der Waals surface area contributed by atoms with Gasteiger partial charge in [-0.15, -0.1) is 12.4 Å². The van der Waals surface area contributed by atoms with Gasteiger partial charge in [0.05, 0.1) is 12.3 Å². The Hall–Kier alpha value is -3.83. The molecule has 0 bridgehead atoms. The fraction of sp³-hybridized carbons (Fsp3) is 0.345. The second kappa shape index (κ2) is 13.7. The summed E-state index contributed by atoms with van der Waals surface area (Å²) in [5.74, 6) is -1.48. The van der Waals surface area contributed by atoms with Crippen LogP contribution in [0.2, 0.25) is 0 Å². The van der Waals surface area contributed by atoms with Crippen molar-refractivity contribution < 1.29 is 32.5 Å². The minimum atomic E-state index is -4.79. The first kappa shape index (κ1) is 31.7. The predicted molar refractivity (Wildman–Crippen MR) is 152 cm³/mol. The second-order valence-electron chi connectivity index (χ2n) is 9.59. The van der Waals surface area contributed by atoms with Crippen LogP contribution in [0.15, 0.2) is 60.7 Å². The maximum atomic E-state index is 14.4. The summed E-state index contributed by atoms with van der Waals surface area (Å²) >= 11 is 0. The van der Waals surface area contributed by atoms with Crippen LogP contribution in [-0.4, -0.2) is 39.9 Å². The number of anilines is 1. The van der Waals surface area contributed by atoms with Crippen molar-refractivity contribution in [1.82, 2.24) is 9.97 Å². The molecule has 1 aromatic heterocycles. The van der Waals surface area contributed by atoms with Gasteiger partial charge in [-0.25, -0.2) is 4.98 Å². The Morgan fingerprint density at radius 3 is 2.46 bits per heavy atom. The van der Waals surface area contributed by atoms with Crippen LogP contribution in [0.3, 0.4) is 0 Å². The second-order valence-corrected chi connectivity index (χ2v) is 9.59. The molecule has 220 valence electrons. The first-order valence-electron chi connectivity index (χ1n) is 12.9. The number of nitrogen functional groups attached to an aromatic ring is 1. The number of hydrogen-bond donors (Lipinski definition) is 3. The monoisotopic (exact) mass is 592 g/mol. The number of nitrogens with two attached hydrogens (primary N) is 2. The molecular formula is C29H32ClF3N4O4. The van der Waals surface area contributed by atoms with E-state index in [4.69, 9.17) is 26.0 Å². The number of benzene rings is 2. The molecule has 1 aliphatic carbocycles. The maximum absolute atomic E-state index is 14.4. The van der Waals surface area contributed by atoms with E-state index in [0.717, 1.165) is 11.1 Å². The van der Waals surface area contributed by atoms with Gasteiger partial charge in [-0.1, -0.05) is 48.5 Å². The molecule has 0 saturated heterocycles. The predicted octanol–water partition coefficient (Wildman–Crippen LogP) is 6.21. The highest BCUT2D eigenvalue weighted by molar-refractivity contribution is 5.85. The number of aromatic nitrogens is 2. The molecule has 0 fully saturated rings. The van der Waals surface area contributed by atoms with Gasteiger partial charge in [-0.05, 0) is 61.3 Å². The Kier molecular flexibility index (Phi) is 10.6. The topological polar surface area (TPSA) is 134 Å². The summed E-state index contributed by atoms with van der Waals surface area (Å²) in [7, 11) is 0. The summed E-state index contributed by atoms with van der Waals surface area (Å²) < 4.78 is 54.2. The smallest absolute Gasteiger partial charge is 0.429 e. The van der Waals surface area contributed by atoms with Crippen LogP contribution in [0.4, 0.5) is 19.1 Å². The van der Waals surface area contributed by atoms with E-state index < -0.39 is 24.3 Å². The minimum absolute atomic E-state index is 0. The number of nitrogens with zero attached hydrogens (tertiary/aromatic N) is 2. The molecule has 8 nitrogen and oxygen atoms in total. The van der Waals surface area contributed by atoms with Crippen molar-refractivity contribution in [2.45, 2.75) is 50.9 Å². The van der Waals surface area contributed by atoms with E-state index in [0.29, 0.717) is 36.9 Å². The Balaban J connectivity index is 0.00000462. The lowest BCUT2D eigenvalue weighted by atomic mass is 9.84. The molecule has 0 amide bonds. The molecule has 0 radical (unpaired) electrons. The Bertz CT molecular complexity index is 1370. The molecule has 0 saturated carbocycles. The highest BCUT2D eigenvalue weighted by Gasteiger charge is 2.45. The van der Waals surface area contributed by atoms with Crippen molar-refractivity contribution in [3.63, 3.8) is 0 Å². The molecule has 4 rings (SSSR count). The van der Waals surface area contributed by atoms with E-state index in [-0.39, 0.29) is 48.1 Å². The van der Waals surface area contributed by atoms with E-state index in [2.05, 4.69) is 9.97 Å². The average Bonchev–Trinajstić information content (AvgIpc) is 2.92. The third-order valence-corrected chi connectivity index (χ3v) is 6.71. The van der Waals surface area contributed by atoms with E-state index in [1.807, 2.05) is 36.4 Å². The molecule has 2 aromatic carbocycles. The molecule has 5 N–H and O–H groups in total. The fourth-order valence-electron chi connectivity index (χ4n) is 4.73. The van der Waals surface area contributed by atoms with E-state index in [1.54, 1.807) is 19.1 Å². The lowest BCUT2D eigenvalue weighted by Crippen LogP contribution is -2.32. The fourth-order valence-corrected chi connectivity index (χ4v) is 4.73. The van der Waals surface area contributed by atoms with E-state index in [1.165, 1.54) is 12.1 Å². The van der Waals surface area contributed by atoms with Crippen LogP contribution in [0.25, 0.3) is 16.7 Å². The SMILES string of the molecule is CCOc1cc(-c2ccccc2)ccc1C(Oc1cc(C2=CCC(CC(N)C(=O)O)CC2)nc(N)n1)C(F)(F)F.Cl. The van der Waals surface area contributed by atoms with Crippen LogP contribution in [0, 0.1) is 5.92 Å². The van der Waals surface area contributed by atoms with Gasteiger partial charge in [-0.2, -0.15) is 18.2 Å². The van der Waals surface area contributed by atoms with Crippen molar-refractivity contribution >= 4 is 29.9 Å². The Morgan fingerprint density at radius 1 is 1.12 bits per heavy atom. The number of carboxylic acids is 1. The first-order valence-corrected chi connectivity index (χ1v) is 12.9. The maximum Gasteiger partial charge on any atom is 0.429 e. The third kappa shape index (κ3) is 8.11. The highest BCUT2D eigenvalue weighted by Crippen LogP contribution is 2.42. The average molecular weight is 593 g/mol. The number of halogens is 4. The van der Waals surface area contributed by atoms with Crippen molar-refractivity contribution in [3.05, 3.63) is 71.9 Å². The minimum Gasteiger partial charge on any atom is -0.493 e. The van der Waals surface area contributed by atoms with Crippen LogP contribution in [0.1, 0.15) is 50.0 Å². The van der Waals surface area contributed by atoms with Crippen molar-refractivity contribution in [3.8, 4) is 22.8 Å². The van der Waals surface area contributed by atoms with Crippen molar-refractivity contribution in [1.29, 1.82) is 0 Å². The Morgan fingerprint density at radius 2 is 1.85 bits per heavy atom. The molecule has 41 heavy (non-hydrogen) atoms. The summed E-state index contributed by atoms with van der Waals surface area (Å²) in [5.41, 5.74) is 14.0. The molecule has 12 heteroatoms. The lowest BCUT2D eigenvalue weighted by molar-refractivity contribution is -0.199. The first-order chi connectivity index (χ1) is 19.0. The van der Waals surface area contributed by atoms with Gasteiger partial charge < -0.3 is 26.0 Å². The molecule has 1 aliphatic rings. The zero-order valence-corrected chi connectivity index (χ0v) is 23.1. The van der Waals surface area contributed by atoms with Gasteiger partial charge in [-0.3, -0.25) is 4.79 Å². The quantitative estimate of drug-likeness (QED) is 0.253. The zero-order chi connectivity index (χ0) is 28.9. The van der Waals surface area contributed by atoms with Gasteiger partial charge in [0.15, 0.2) is 0 Å². The van der Waals surface area contributed by atoms with Crippen molar-refractivity contribution in [2.75, 3.05) is 12.3 Å². The molecule has 3 unspecified atom stereocenters. The van der Waals surface area contributed by atoms with Gasteiger partial charge in [0.2, 0.25) is 17.9 Å². The summed E-state index contributed by atoms with van der Waals surface area (Å²) in [4.78, 5) is 19.2. The van der Waals surface area contributed by atoms with Crippen LogP contribution in [-0.2, 0) is 4.79 Å². The number of rotatable bonds is 10. The highest BCUT2D eigenvalue weighted by atomic mass is 35.5. The molecule has 0 aliphatic heterocycles. The number of carboxylic acid groups (broad SMARTS) is 1. The molecular weight excluding hydrogens is 561 g/mol. The largest absolute Gasteiger partial charge is 0.493 e. The van der Waals surface area contributed by atoms with Crippen LogP contribution >= 0.6 is 12.4 Å². The number of aliphatic carboxylic acids is 1. The molecule has 3 atom stereocenters. The number of ether oxygens (including phenoxy) is 2. The van der Waals surface area contributed by atoms with Gasteiger partial charge >= 0.3 is 12.1 Å². The van der Waals surface area contributed by atoms with Crippen LogP contribution in [0.5, 0.6) is 11.6 Å². The summed E-state index contributed by atoms with van der Waals surface area (Å²) in [5, 5.41) is 9.05. The van der Waals surface area contributed by atoms with Crippen LogP contribution < -0.4 is 20.9 Å². The number of allylic oxidation sites excluding steroid dienone is 2. The molecule has 1 heterocycles. The summed E-state index contributed by atoms with van der Waals surface area (Å²) in [6, 6.07) is 14.2. The number of carbonyl (C=O) groups is 1. The Labute approximate surface area is 242 Å². The van der Waals surface area contributed by atoms with Gasteiger partial charge in [0.1, 0.15) is 11.8 Å². The number of alkyl halides is 3. The van der Waals surface area contributed by atoms with Gasteiger partial charge in [0.25, 0.3) is 0 Å². The lowest BCUT2D eigenvalue weighted by Gasteiger charge is -2.25. The zero-order valence-electron chi connectivity index (χ0n) is 22.3. The van der Waals surface area contributed by atoms with E-state index in [9.17, 15) is 18.0 Å². The number of hydrogen-bond acceptors (Lipinski definition) is 7. The summed E-state index contributed by atoms with van der Waals surface area (Å²) in [6.45, 7) is 1.85. The molecule has 0 spiro atoms. The standard InChI is InChI=1S/C29H31F3N4O4.ClH/c1-2-39-24-15-20(18-6-4-3-5-7-18)12-13-21(24)26(29(30,31)32)40-25-16-23(35-28(34)36-25)19-10-8-17(9-11-19)14-22(33)27(37)38;/h3-7,10,12-13,15-17,22,26H,2,8-9,11,14,33H2,1H3,(H,37,38)(H2,34,35,36);1H. The molecule has 3 aromatic rings. The van der Waals surface area contributed by atoms with E-state index >= 15 is 0 Å². The van der Waals surface area contributed by atoms with Crippen molar-refractivity contribution in [2.24, 2.45) is 11.7 Å². The van der Waals surface area contributed by atoms with Gasteiger partial charge in [0, 0.05) is 11.6 Å². The summed E-state index contributed by atoms with van der Waals surface area (Å²) in [6.07, 6.45) is -3.20.